The number of pyridine rings is 1. The van der Waals surface area contributed by atoms with Crippen molar-refractivity contribution in [2.75, 3.05) is 24.2 Å². The third-order valence-corrected chi connectivity index (χ3v) is 4.93. The van der Waals surface area contributed by atoms with E-state index in [4.69, 9.17) is 10.5 Å². The summed E-state index contributed by atoms with van der Waals surface area (Å²) < 4.78 is 44.8. The molecule has 4 nitrogen and oxygen atoms in total. The molecule has 1 atom stereocenters. The van der Waals surface area contributed by atoms with Gasteiger partial charge in [-0.15, -0.1) is 0 Å². The van der Waals surface area contributed by atoms with Crippen molar-refractivity contribution in [2.45, 2.75) is 18.6 Å². The van der Waals surface area contributed by atoms with Gasteiger partial charge in [0.05, 0.1) is 17.9 Å². The van der Waals surface area contributed by atoms with Crippen molar-refractivity contribution in [1.82, 2.24) is 4.98 Å². The summed E-state index contributed by atoms with van der Waals surface area (Å²) in [6.07, 6.45) is -3.12. The Morgan fingerprint density at radius 3 is 2.66 bits per heavy atom. The topological polar surface area (TPSA) is 60.2 Å². The number of thiol groups is 1. The van der Waals surface area contributed by atoms with Crippen LogP contribution in [0.25, 0.3) is 10.8 Å². The summed E-state index contributed by atoms with van der Waals surface area (Å²) in [6, 6.07) is 14.7. The minimum absolute atomic E-state index is 0.115. The molecule has 0 saturated heterocycles. The quantitative estimate of drug-likeness (QED) is 0.467. The largest absolute Gasteiger partial charge is 0.476 e. The predicted molar refractivity (Wildman–Crippen MR) is 113 cm³/mol. The first-order valence-electron chi connectivity index (χ1n) is 9.15. The molecule has 0 saturated carbocycles. The minimum Gasteiger partial charge on any atom is -0.476 e. The highest BCUT2D eigenvalue weighted by Crippen LogP contribution is 2.33. The average molecular weight is 421 g/mol. The lowest BCUT2D eigenvalue weighted by molar-refractivity contribution is -0.137. The van der Waals surface area contributed by atoms with Crippen LogP contribution in [-0.2, 0) is 12.6 Å². The monoisotopic (exact) mass is 421 g/mol. The number of nitrogens with one attached hydrogen (secondary N) is 1. The highest BCUT2D eigenvalue weighted by atomic mass is 32.1. The molecular formula is C21H22F3N3OS. The van der Waals surface area contributed by atoms with E-state index in [1.807, 2.05) is 42.5 Å². The summed E-state index contributed by atoms with van der Waals surface area (Å²) in [5.41, 5.74) is 6.22. The van der Waals surface area contributed by atoms with Gasteiger partial charge in [-0.3, -0.25) is 0 Å². The van der Waals surface area contributed by atoms with Gasteiger partial charge in [0.2, 0.25) is 5.88 Å². The SMILES string of the molecule is NC(CS)CNc1cc(C(F)(F)F)cnc1OCCc1cccc2ccccc12. The molecule has 0 radical (unpaired) electrons. The van der Waals surface area contributed by atoms with Gasteiger partial charge in [0.15, 0.2) is 0 Å². The van der Waals surface area contributed by atoms with Crippen molar-refractivity contribution in [1.29, 1.82) is 0 Å². The van der Waals surface area contributed by atoms with Gasteiger partial charge in [-0.05, 0) is 22.4 Å². The van der Waals surface area contributed by atoms with Gasteiger partial charge >= 0.3 is 6.18 Å². The van der Waals surface area contributed by atoms with Crippen molar-refractivity contribution < 1.29 is 17.9 Å². The third kappa shape index (κ3) is 5.55. The van der Waals surface area contributed by atoms with Crippen LogP contribution >= 0.6 is 12.6 Å². The van der Waals surface area contributed by atoms with Gasteiger partial charge in [-0.1, -0.05) is 42.5 Å². The van der Waals surface area contributed by atoms with Crippen LogP contribution in [-0.4, -0.2) is 29.9 Å². The van der Waals surface area contributed by atoms with E-state index < -0.39 is 11.7 Å². The Labute approximate surface area is 172 Å². The van der Waals surface area contributed by atoms with E-state index in [1.54, 1.807) is 0 Å². The van der Waals surface area contributed by atoms with Crippen LogP contribution in [0.15, 0.2) is 54.7 Å². The van der Waals surface area contributed by atoms with Crippen molar-refractivity contribution >= 4 is 29.1 Å². The number of hydrogen-bond donors (Lipinski definition) is 3. The first-order chi connectivity index (χ1) is 13.9. The second kappa shape index (κ2) is 9.37. The van der Waals surface area contributed by atoms with Gasteiger partial charge in [-0.25, -0.2) is 4.98 Å². The van der Waals surface area contributed by atoms with E-state index in [0.717, 1.165) is 28.6 Å². The lowest BCUT2D eigenvalue weighted by atomic mass is 10.0. The fourth-order valence-electron chi connectivity index (χ4n) is 2.92. The smallest absolute Gasteiger partial charge is 0.417 e. The van der Waals surface area contributed by atoms with Crippen LogP contribution < -0.4 is 15.8 Å². The molecule has 0 spiro atoms. The summed E-state index contributed by atoms with van der Waals surface area (Å²) in [7, 11) is 0. The Bertz CT molecular complexity index is 960. The number of benzene rings is 2. The molecule has 0 aliphatic heterocycles. The number of hydrogen-bond acceptors (Lipinski definition) is 5. The van der Waals surface area contributed by atoms with E-state index in [1.165, 1.54) is 0 Å². The van der Waals surface area contributed by atoms with E-state index in [0.29, 0.717) is 12.2 Å². The molecule has 0 aliphatic carbocycles. The first kappa shape index (κ1) is 21.3. The molecule has 3 aromatic rings. The summed E-state index contributed by atoms with van der Waals surface area (Å²) in [5.74, 6) is 0.515. The zero-order chi connectivity index (χ0) is 20.9. The lowest BCUT2D eigenvalue weighted by Gasteiger charge is -2.17. The molecule has 8 heteroatoms. The van der Waals surface area contributed by atoms with Crippen molar-refractivity contribution in [2.24, 2.45) is 5.73 Å². The van der Waals surface area contributed by atoms with E-state index >= 15 is 0 Å². The maximum absolute atomic E-state index is 13.0. The summed E-state index contributed by atoms with van der Waals surface area (Å²) in [6.45, 7) is 0.534. The van der Waals surface area contributed by atoms with E-state index in [-0.39, 0.29) is 30.8 Å². The highest BCUT2D eigenvalue weighted by molar-refractivity contribution is 7.80. The molecule has 1 unspecified atom stereocenters. The third-order valence-electron chi connectivity index (χ3n) is 4.46. The Balaban J connectivity index is 1.74. The summed E-state index contributed by atoms with van der Waals surface area (Å²) >= 11 is 4.09. The molecule has 0 amide bonds. The highest BCUT2D eigenvalue weighted by Gasteiger charge is 2.32. The molecule has 3 N–H and O–H groups in total. The van der Waals surface area contributed by atoms with E-state index in [9.17, 15) is 13.2 Å². The van der Waals surface area contributed by atoms with Crippen LogP contribution in [0.2, 0.25) is 0 Å². The van der Waals surface area contributed by atoms with Crippen LogP contribution in [0.3, 0.4) is 0 Å². The number of nitrogens with zero attached hydrogens (tertiary/aromatic N) is 1. The maximum atomic E-state index is 13.0. The van der Waals surface area contributed by atoms with Crippen molar-refractivity contribution in [3.8, 4) is 5.88 Å². The molecule has 1 aromatic heterocycles. The Morgan fingerprint density at radius 2 is 1.90 bits per heavy atom. The zero-order valence-corrected chi connectivity index (χ0v) is 16.5. The minimum atomic E-state index is -4.49. The standard InChI is InChI=1S/C21H22F3N3OS/c22-21(23,24)16-10-19(26-12-17(25)13-29)20(27-11-16)28-9-8-15-6-3-5-14-4-1-2-7-18(14)15/h1-7,10-11,17,26,29H,8-9,12-13,25H2. The normalized spacial score (nSPS) is 12.7. The molecular weight excluding hydrogens is 399 g/mol. The van der Waals surface area contributed by atoms with Crippen LogP contribution in [0.4, 0.5) is 18.9 Å². The maximum Gasteiger partial charge on any atom is 0.417 e. The predicted octanol–water partition coefficient (Wildman–Crippen LogP) is 4.54. The number of anilines is 1. The first-order valence-corrected chi connectivity index (χ1v) is 9.78. The molecule has 0 bridgehead atoms. The zero-order valence-electron chi connectivity index (χ0n) is 15.6. The number of ether oxygens (including phenoxy) is 1. The van der Waals surface area contributed by atoms with E-state index in [2.05, 4.69) is 22.9 Å². The molecule has 2 aromatic carbocycles. The van der Waals surface area contributed by atoms with Gasteiger partial charge < -0.3 is 15.8 Å². The summed E-state index contributed by atoms with van der Waals surface area (Å²) in [5, 5.41) is 5.14. The molecule has 0 fully saturated rings. The summed E-state index contributed by atoms with van der Waals surface area (Å²) in [4.78, 5) is 3.88. The Hall–Kier alpha value is -2.45. The fourth-order valence-corrected chi connectivity index (χ4v) is 3.05. The number of alkyl halides is 3. The van der Waals surface area contributed by atoms with Gasteiger partial charge in [0.25, 0.3) is 0 Å². The number of aromatic nitrogens is 1. The molecule has 29 heavy (non-hydrogen) atoms. The lowest BCUT2D eigenvalue weighted by Crippen LogP contribution is -2.30. The van der Waals surface area contributed by atoms with Crippen LogP contribution in [0.1, 0.15) is 11.1 Å². The van der Waals surface area contributed by atoms with Crippen molar-refractivity contribution in [3.05, 3.63) is 65.9 Å². The average Bonchev–Trinajstić information content (AvgIpc) is 2.72. The second-order valence-corrected chi connectivity index (χ2v) is 7.00. The fraction of sp³-hybridized carbons (Fsp3) is 0.286. The number of halogens is 3. The van der Waals surface area contributed by atoms with Gasteiger partial charge in [0, 0.05) is 31.0 Å². The molecule has 1 heterocycles. The van der Waals surface area contributed by atoms with Crippen molar-refractivity contribution in [3.63, 3.8) is 0 Å². The van der Waals surface area contributed by atoms with Gasteiger partial charge in [0.1, 0.15) is 0 Å². The molecule has 3 rings (SSSR count). The molecule has 0 aliphatic rings. The number of fused-ring (bicyclic) bond motifs is 1. The van der Waals surface area contributed by atoms with Crippen LogP contribution in [0, 0.1) is 0 Å². The van der Waals surface area contributed by atoms with Gasteiger partial charge in [-0.2, -0.15) is 25.8 Å². The molecule has 154 valence electrons. The second-order valence-electron chi connectivity index (χ2n) is 6.63. The Kier molecular flexibility index (Phi) is 6.87. The Morgan fingerprint density at radius 1 is 1.14 bits per heavy atom. The van der Waals surface area contributed by atoms with Crippen LogP contribution in [0.5, 0.6) is 5.88 Å². The number of rotatable bonds is 8. The number of nitrogens with two attached hydrogens (primary N) is 1.